The number of rotatable bonds is 8. The molecule has 33 heavy (non-hydrogen) atoms. The van der Waals surface area contributed by atoms with E-state index in [0.29, 0.717) is 42.3 Å². The highest BCUT2D eigenvalue weighted by atomic mass is 16.5. The molecule has 1 aliphatic heterocycles. The van der Waals surface area contributed by atoms with E-state index in [1.165, 1.54) is 31.7 Å². The number of likely N-dealkylation sites (tertiary alicyclic amines) is 1. The molecule has 4 rings (SSSR count). The summed E-state index contributed by atoms with van der Waals surface area (Å²) in [5.74, 6) is 2.47. The molecule has 2 aromatic rings. The number of hydrogen-bond acceptors (Lipinski definition) is 6. The fourth-order valence-corrected chi connectivity index (χ4v) is 5.46. The van der Waals surface area contributed by atoms with E-state index in [2.05, 4.69) is 25.5 Å². The summed E-state index contributed by atoms with van der Waals surface area (Å²) in [6.45, 7) is 4.19. The molecule has 1 aromatic heterocycles. The van der Waals surface area contributed by atoms with Crippen molar-refractivity contribution in [3.63, 3.8) is 0 Å². The Labute approximate surface area is 195 Å². The van der Waals surface area contributed by atoms with E-state index in [4.69, 9.17) is 4.74 Å². The normalized spacial score (nSPS) is 22.4. The van der Waals surface area contributed by atoms with Crippen LogP contribution in [0.4, 0.5) is 5.69 Å². The lowest BCUT2D eigenvalue weighted by Crippen LogP contribution is -2.36. The van der Waals surface area contributed by atoms with Crippen LogP contribution in [0.15, 0.2) is 36.9 Å². The molecular formula is C25H33N5O3. The van der Waals surface area contributed by atoms with E-state index in [-0.39, 0.29) is 11.8 Å². The van der Waals surface area contributed by atoms with E-state index in [0.717, 1.165) is 25.1 Å². The number of benzene rings is 1. The van der Waals surface area contributed by atoms with E-state index in [9.17, 15) is 9.59 Å². The van der Waals surface area contributed by atoms with Crippen molar-refractivity contribution in [1.82, 2.24) is 20.2 Å². The van der Waals surface area contributed by atoms with Gasteiger partial charge < -0.3 is 15.4 Å². The zero-order chi connectivity index (χ0) is 23.2. The van der Waals surface area contributed by atoms with Crippen LogP contribution in [0.2, 0.25) is 0 Å². The first-order valence-electron chi connectivity index (χ1n) is 11.7. The molecule has 1 saturated heterocycles. The Morgan fingerprint density at radius 3 is 2.76 bits per heavy atom. The van der Waals surface area contributed by atoms with Crippen molar-refractivity contribution in [3.05, 3.63) is 48.0 Å². The Kier molecular flexibility index (Phi) is 7.54. The van der Waals surface area contributed by atoms with Crippen LogP contribution in [0, 0.1) is 17.8 Å². The van der Waals surface area contributed by atoms with Gasteiger partial charge in [0.1, 0.15) is 12.1 Å². The average Bonchev–Trinajstić information content (AvgIpc) is 3.21. The van der Waals surface area contributed by atoms with Gasteiger partial charge >= 0.3 is 0 Å². The molecule has 176 valence electrons. The molecular weight excluding hydrogens is 418 g/mol. The zero-order valence-corrected chi connectivity index (χ0v) is 19.4. The first-order chi connectivity index (χ1) is 16.0. The van der Waals surface area contributed by atoms with E-state index in [1.807, 2.05) is 18.5 Å². The first kappa shape index (κ1) is 23.2. The average molecular weight is 452 g/mol. The number of aromatic nitrogens is 2. The monoisotopic (exact) mass is 451 g/mol. The van der Waals surface area contributed by atoms with Gasteiger partial charge in [0.2, 0.25) is 11.8 Å². The molecule has 0 spiro atoms. The molecule has 0 radical (unpaired) electrons. The van der Waals surface area contributed by atoms with Gasteiger partial charge in [-0.25, -0.2) is 9.97 Å². The standard InChI is InChI=1S/C25H33N5O3/c1-17(31)29-22-6-7-24(33-2)21(9-22)12-28-25(32)15-30-13-20-5-3-4-19(23(20)14-30)8-18-10-26-16-27-11-18/h6-7,9-11,16,19-20,23H,3-5,8,12-15H2,1-2H3,(H,28,32)(H,29,31)/t19-,20-,23-/m1/s1. The van der Waals surface area contributed by atoms with Gasteiger partial charge in [0, 0.05) is 50.2 Å². The van der Waals surface area contributed by atoms with Gasteiger partial charge in [-0.15, -0.1) is 0 Å². The van der Waals surface area contributed by atoms with Crippen molar-refractivity contribution in [3.8, 4) is 5.75 Å². The number of fused-ring (bicyclic) bond motifs is 1. The maximum Gasteiger partial charge on any atom is 0.234 e. The molecule has 0 unspecified atom stereocenters. The van der Waals surface area contributed by atoms with Gasteiger partial charge in [-0.3, -0.25) is 14.5 Å². The van der Waals surface area contributed by atoms with Crippen molar-refractivity contribution in [2.24, 2.45) is 17.8 Å². The third-order valence-corrected chi connectivity index (χ3v) is 6.88. The maximum absolute atomic E-state index is 12.7. The second-order valence-electron chi connectivity index (χ2n) is 9.24. The smallest absolute Gasteiger partial charge is 0.234 e. The number of nitrogens with zero attached hydrogens (tertiary/aromatic N) is 3. The van der Waals surface area contributed by atoms with Crippen molar-refractivity contribution < 1.29 is 14.3 Å². The molecule has 2 N–H and O–H groups in total. The summed E-state index contributed by atoms with van der Waals surface area (Å²) in [7, 11) is 1.60. The van der Waals surface area contributed by atoms with Crippen LogP contribution >= 0.6 is 0 Å². The van der Waals surface area contributed by atoms with Crippen LogP contribution in [0.25, 0.3) is 0 Å². The molecule has 2 heterocycles. The third kappa shape index (κ3) is 6.07. The van der Waals surface area contributed by atoms with E-state index < -0.39 is 0 Å². The largest absolute Gasteiger partial charge is 0.496 e. The number of carbonyl (C=O) groups excluding carboxylic acids is 2. The number of methoxy groups -OCH3 is 1. The van der Waals surface area contributed by atoms with Crippen molar-refractivity contribution in [2.75, 3.05) is 32.1 Å². The van der Waals surface area contributed by atoms with Crippen molar-refractivity contribution in [2.45, 2.75) is 39.2 Å². The molecule has 0 bridgehead atoms. The van der Waals surface area contributed by atoms with Gasteiger partial charge in [-0.1, -0.05) is 6.42 Å². The van der Waals surface area contributed by atoms with Crippen LogP contribution in [-0.4, -0.2) is 53.4 Å². The van der Waals surface area contributed by atoms with E-state index >= 15 is 0 Å². The second kappa shape index (κ2) is 10.7. The predicted octanol–water partition coefficient (Wildman–Crippen LogP) is 2.65. The summed E-state index contributed by atoms with van der Waals surface area (Å²) in [6, 6.07) is 5.42. The molecule has 3 atom stereocenters. The second-order valence-corrected chi connectivity index (χ2v) is 9.24. The predicted molar refractivity (Wildman–Crippen MR) is 126 cm³/mol. The molecule has 2 amide bonds. The summed E-state index contributed by atoms with van der Waals surface area (Å²) < 4.78 is 5.41. The lowest BCUT2D eigenvalue weighted by atomic mass is 9.72. The number of amides is 2. The minimum absolute atomic E-state index is 0.00800. The Morgan fingerprint density at radius 2 is 2.00 bits per heavy atom. The number of hydrogen-bond donors (Lipinski definition) is 2. The SMILES string of the molecule is COc1ccc(NC(C)=O)cc1CNC(=O)CN1C[C@H]2CCC[C@H](Cc3cncnc3)[C@H]2C1. The summed E-state index contributed by atoms with van der Waals surface area (Å²) >= 11 is 0. The van der Waals surface area contributed by atoms with Crippen LogP contribution < -0.4 is 15.4 Å². The highest BCUT2D eigenvalue weighted by Crippen LogP contribution is 2.41. The van der Waals surface area contributed by atoms with Gasteiger partial charge in [0.25, 0.3) is 0 Å². The number of nitrogens with one attached hydrogen (secondary N) is 2. The lowest BCUT2D eigenvalue weighted by Gasteiger charge is -2.33. The van der Waals surface area contributed by atoms with Crippen LogP contribution in [0.5, 0.6) is 5.75 Å². The highest BCUT2D eigenvalue weighted by Gasteiger charge is 2.40. The minimum Gasteiger partial charge on any atom is -0.496 e. The van der Waals surface area contributed by atoms with Gasteiger partial charge in [0.15, 0.2) is 0 Å². The zero-order valence-electron chi connectivity index (χ0n) is 19.4. The Bertz CT molecular complexity index is 968. The van der Waals surface area contributed by atoms with Crippen LogP contribution in [0.3, 0.4) is 0 Å². The fraction of sp³-hybridized carbons (Fsp3) is 0.520. The van der Waals surface area contributed by atoms with Crippen molar-refractivity contribution >= 4 is 17.5 Å². The Hall–Kier alpha value is -3.00. The maximum atomic E-state index is 12.7. The number of anilines is 1. The molecule has 1 saturated carbocycles. The minimum atomic E-state index is -0.135. The summed E-state index contributed by atoms with van der Waals surface area (Å²) in [6.07, 6.45) is 10.2. The van der Waals surface area contributed by atoms with Crippen LogP contribution in [0.1, 0.15) is 37.3 Å². The first-order valence-corrected chi connectivity index (χ1v) is 11.7. The topological polar surface area (TPSA) is 96.5 Å². The third-order valence-electron chi connectivity index (χ3n) is 6.88. The van der Waals surface area contributed by atoms with Gasteiger partial charge in [0.05, 0.1) is 13.7 Å². The molecule has 1 aliphatic carbocycles. The molecule has 8 nitrogen and oxygen atoms in total. The quantitative estimate of drug-likeness (QED) is 0.641. The molecule has 2 aliphatic rings. The summed E-state index contributed by atoms with van der Waals surface area (Å²) in [5.41, 5.74) is 2.72. The number of carbonyl (C=O) groups is 2. The molecule has 1 aromatic carbocycles. The van der Waals surface area contributed by atoms with Crippen LogP contribution in [-0.2, 0) is 22.6 Å². The summed E-state index contributed by atoms with van der Waals surface area (Å²) in [5, 5.41) is 5.79. The Balaban J connectivity index is 1.31. The Morgan fingerprint density at radius 1 is 1.18 bits per heavy atom. The van der Waals surface area contributed by atoms with Gasteiger partial charge in [-0.2, -0.15) is 0 Å². The van der Waals surface area contributed by atoms with E-state index in [1.54, 1.807) is 25.6 Å². The number of ether oxygens (including phenoxy) is 1. The summed E-state index contributed by atoms with van der Waals surface area (Å²) in [4.78, 5) is 34.7. The molecule has 2 fully saturated rings. The van der Waals surface area contributed by atoms with Crippen molar-refractivity contribution in [1.29, 1.82) is 0 Å². The molecule has 8 heteroatoms. The fourth-order valence-electron chi connectivity index (χ4n) is 5.46. The van der Waals surface area contributed by atoms with Gasteiger partial charge in [-0.05, 0) is 60.8 Å². The lowest BCUT2D eigenvalue weighted by molar-refractivity contribution is -0.122. The highest BCUT2D eigenvalue weighted by molar-refractivity contribution is 5.88.